The maximum absolute atomic E-state index is 12.9. The first-order chi connectivity index (χ1) is 8.22. The number of nitrogens with zero attached hydrogens (tertiary/aromatic N) is 2. The summed E-state index contributed by atoms with van der Waals surface area (Å²) in [6, 6.07) is 4.92. The second-order valence-corrected chi connectivity index (χ2v) is 4.14. The second kappa shape index (κ2) is 4.58. The molecule has 18 heavy (non-hydrogen) atoms. The lowest BCUT2D eigenvalue weighted by Crippen LogP contribution is -2.21. The molecule has 0 fully saturated rings. The van der Waals surface area contributed by atoms with Crippen LogP contribution in [0.2, 0.25) is 0 Å². The Balaban J connectivity index is 3.47. The highest BCUT2D eigenvalue weighted by molar-refractivity contribution is 5.44. The van der Waals surface area contributed by atoms with Gasteiger partial charge in [-0.05, 0) is 31.5 Å². The molecule has 0 aliphatic rings. The van der Waals surface area contributed by atoms with Gasteiger partial charge in [0, 0.05) is 0 Å². The van der Waals surface area contributed by atoms with Crippen LogP contribution in [0.1, 0.15) is 25.0 Å². The normalized spacial score (nSPS) is 11.5. The standard InChI is InChI=1S/C12H9F3N2O/c1-11(2,6-16)9-4-3-8(18-7-17)5-10(9)12(13,14)15/h3-5H,1-2H3. The van der Waals surface area contributed by atoms with Crippen LogP contribution in [-0.2, 0) is 11.6 Å². The fourth-order valence-electron chi connectivity index (χ4n) is 1.48. The van der Waals surface area contributed by atoms with Crippen molar-refractivity contribution in [3.8, 4) is 18.1 Å². The maximum Gasteiger partial charge on any atom is 0.416 e. The second-order valence-electron chi connectivity index (χ2n) is 4.14. The van der Waals surface area contributed by atoms with E-state index in [-0.39, 0.29) is 11.3 Å². The van der Waals surface area contributed by atoms with Gasteiger partial charge in [-0.25, -0.2) is 0 Å². The molecule has 0 spiro atoms. The van der Waals surface area contributed by atoms with Gasteiger partial charge in [0.2, 0.25) is 0 Å². The third-order valence-electron chi connectivity index (χ3n) is 2.41. The predicted molar refractivity (Wildman–Crippen MR) is 56.3 cm³/mol. The molecule has 0 atom stereocenters. The van der Waals surface area contributed by atoms with Crippen LogP contribution in [0, 0.1) is 22.8 Å². The first-order valence-electron chi connectivity index (χ1n) is 4.91. The van der Waals surface area contributed by atoms with Gasteiger partial charge in [0.25, 0.3) is 6.26 Å². The molecule has 0 aromatic heterocycles. The zero-order chi connectivity index (χ0) is 14.0. The lowest BCUT2D eigenvalue weighted by atomic mass is 9.83. The molecule has 6 heteroatoms. The molecular weight excluding hydrogens is 245 g/mol. The van der Waals surface area contributed by atoms with Gasteiger partial charge in [-0.15, -0.1) is 5.26 Å². The summed E-state index contributed by atoms with van der Waals surface area (Å²) in [5.41, 5.74) is -2.40. The van der Waals surface area contributed by atoms with Crippen LogP contribution in [0.25, 0.3) is 0 Å². The summed E-state index contributed by atoms with van der Waals surface area (Å²) < 4.78 is 43.0. The van der Waals surface area contributed by atoms with Crippen LogP contribution in [0.3, 0.4) is 0 Å². The van der Waals surface area contributed by atoms with Gasteiger partial charge in [-0.3, -0.25) is 0 Å². The van der Waals surface area contributed by atoms with Crippen molar-refractivity contribution < 1.29 is 17.9 Å². The Bertz CT molecular complexity index is 536. The molecular formula is C12H9F3N2O. The van der Waals surface area contributed by atoms with Crippen molar-refractivity contribution in [3.63, 3.8) is 0 Å². The lowest BCUT2D eigenvalue weighted by Gasteiger charge is -2.21. The molecule has 0 aliphatic heterocycles. The third kappa shape index (κ3) is 2.72. The average Bonchev–Trinajstić information content (AvgIpc) is 2.28. The summed E-state index contributed by atoms with van der Waals surface area (Å²) in [7, 11) is 0. The molecule has 1 aromatic rings. The highest BCUT2D eigenvalue weighted by Gasteiger charge is 2.38. The van der Waals surface area contributed by atoms with E-state index >= 15 is 0 Å². The van der Waals surface area contributed by atoms with E-state index in [0.29, 0.717) is 0 Å². The average molecular weight is 254 g/mol. The summed E-state index contributed by atoms with van der Waals surface area (Å²) >= 11 is 0. The third-order valence-corrected chi connectivity index (χ3v) is 2.41. The predicted octanol–water partition coefficient (Wildman–Crippen LogP) is 3.37. The molecule has 0 saturated heterocycles. The van der Waals surface area contributed by atoms with Crippen LogP contribution in [0.4, 0.5) is 13.2 Å². The molecule has 0 radical (unpaired) electrons. The fraction of sp³-hybridized carbons (Fsp3) is 0.333. The number of alkyl halides is 3. The zero-order valence-electron chi connectivity index (χ0n) is 9.67. The number of halogens is 3. The molecule has 0 heterocycles. The number of hydrogen-bond acceptors (Lipinski definition) is 3. The van der Waals surface area contributed by atoms with Crippen molar-refractivity contribution in [2.24, 2.45) is 0 Å². The summed E-state index contributed by atoms with van der Waals surface area (Å²) in [6.07, 6.45) is -3.31. The van der Waals surface area contributed by atoms with E-state index in [4.69, 9.17) is 10.5 Å². The SMILES string of the molecule is CC(C)(C#N)c1ccc(OC#N)cc1C(F)(F)F. The van der Waals surface area contributed by atoms with Gasteiger partial charge in [0.1, 0.15) is 5.75 Å². The van der Waals surface area contributed by atoms with E-state index in [1.54, 1.807) is 0 Å². The van der Waals surface area contributed by atoms with Crippen molar-refractivity contribution in [1.82, 2.24) is 0 Å². The molecule has 0 saturated carbocycles. The van der Waals surface area contributed by atoms with Crippen molar-refractivity contribution in [2.75, 3.05) is 0 Å². The first kappa shape index (κ1) is 13.9. The van der Waals surface area contributed by atoms with E-state index in [1.807, 2.05) is 6.07 Å². The molecule has 0 aliphatic carbocycles. The van der Waals surface area contributed by atoms with Crippen molar-refractivity contribution in [2.45, 2.75) is 25.4 Å². The summed E-state index contributed by atoms with van der Waals surface area (Å²) in [4.78, 5) is 0. The number of hydrogen-bond donors (Lipinski definition) is 0. The molecule has 0 N–H and O–H groups in total. The van der Waals surface area contributed by atoms with E-state index in [2.05, 4.69) is 4.74 Å². The van der Waals surface area contributed by atoms with E-state index in [9.17, 15) is 13.2 Å². The largest absolute Gasteiger partial charge is 0.416 e. The Hall–Kier alpha value is -2.21. The molecule has 94 valence electrons. The summed E-state index contributed by atoms with van der Waals surface area (Å²) in [6.45, 7) is 2.78. The highest BCUT2D eigenvalue weighted by Crippen LogP contribution is 2.39. The van der Waals surface area contributed by atoms with Gasteiger partial charge in [-0.1, -0.05) is 6.07 Å². The quantitative estimate of drug-likeness (QED) is 0.760. The van der Waals surface area contributed by atoms with E-state index in [0.717, 1.165) is 12.1 Å². The highest BCUT2D eigenvalue weighted by atomic mass is 19.4. The topological polar surface area (TPSA) is 56.8 Å². The van der Waals surface area contributed by atoms with Gasteiger partial charge < -0.3 is 4.74 Å². The van der Waals surface area contributed by atoms with Crippen molar-refractivity contribution in [1.29, 1.82) is 10.5 Å². The fourth-order valence-corrected chi connectivity index (χ4v) is 1.48. The minimum absolute atomic E-state index is 0.150. The Morgan fingerprint density at radius 2 is 1.72 bits per heavy atom. The van der Waals surface area contributed by atoms with Crippen molar-refractivity contribution >= 4 is 0 Å². The maximum atomic E-state index is 12.9. The van der Waals surface area contributed by atoms with Crippen LogP contribution in [0.15, 0.2) is 18.2 Å². The van der Waals surface area contributed by atoms with Gasteiger partial charge in [-0.2, -0.15) is 18.4 Å². The van der Waals surface area contributed by atoms with Gasteiger partial charge >= 0.3 is 6.18 Å². The Morgan fingerprint density at radius 1 is 1.11 bits per heavy atom. The van der Waals surface area contributed by atoms with Crippen LogP contribution < -0.4 is 4.74 Å². The molecule has 0 amide bonds. The van der Waals surface area contributed by atoms with Crippen LogP contribution in [0.5, 0.6) is 5.75 Å². The van der Waals surface area contributed by atoms with E-state index in [1.165, 1.54) is 26.2 Å². The molecule has 3 nitrogen and oxygen atoms in total. The Labute approximate surface area is 102 Å². The molecule has 1 rings (SSSR count). The summed E-state index contributed by atoms with van der Waals surface area (Å²) in [5, 5.41) is 17.2. The Morgan fingerprint density at radius 3 is 2.17 bits per heavy atom. The van der Waals surface area contributed by atoms with Gasteiger partial charge in [0.05, 0.1) is 17.0 Å². The van der Waals surface area contributed by atoms with Crippen LogP contribution in [-0.4, -0.2) is 0 Å². The van der Waals surface area contributed by atoms with Crippen LogP contribution >= 0.6 is 0 Å². The monoisotopic (exact) mass is 254 g/mol. The molecule has 1 aromatic carbocycles. The smallest absolute Gasteiger partial charge is 0.388 e. The number of nitriles is 2. The van der Waals surface area contributed by atoms with Crippen molar-refractivity contribution in [3.05, 3.63) is 29.3 Å². The lowest BCUT2D eigenvalue weighted by molar-refractivity contribution is -0.138. The molecule has 0 unspecified atom stereocenters. The zero-order valence-corrected chi connectivity index (χ0v) is 9.67. The molecule has 0 bridgehead atoms. The minimum Gasteiger partial charge on any atom is -0.388 e. The number of benzene rings is 1. The van der Waals surface area contributed by atoms with Gasteiger partial charge in [0.15, 0.2) is 0 Å². The van der Waals surface area contributed by atoms with E-state index < -0.39 is 17.2 Å². The number of rotatable bonds is 2. The number of ether oxygens (including phenoxy) is 1. The Kier molecular flexibility index (Phi) is 3.52. The summed E-state index contributed by atoms with van der Waals surface area (Å²) in [5.74, 6) is -0.206. The first-order valence-corrected chi connectivity index (χ1v) is 4.91. The minimum atomic E-state index is -4.61.